The summed E-state index contributed by atoms with van der Waals surface area (Å²) in [6.45, 7) is 0. The molecule has 23 heavy (non-hydrogen) atoms. The molecular weight excluding hydrogens is 288 g/mol. The highest BCUT2D eigenvalue weighted by Crippen LogP contribution is 2.59. The van der Waals surface area contributed by atoms with E-state index >= 15 is 0 Å². The fourth-order valence-corrected chi connectivity index (χ4v) is 7.18. The summed E-state index contributed by atoms with van der Waals surface area (Å²) in [6.07, 6.45) is 13.8. The quantitative estimate of drug-likeness (QED) is 0.818. The van der Waals surface area contributed by atoms with Gasteiger partial charge in [0, 0.05) is 5.92 Å². The van der Waals surface area contributed by atoms with Gasteiger partial charge in [0.1, 0.15) is 0 Å². The Bertz CT molecular complexity index is 450. The molecule has 0 spiro atoms. The average molecular weight is 320 g/mol. The summed E-state index contributed by atoms with van der Waals surface area (Å²) in [5.74, 6) is 1.90. The molecule has 130 valence electrons. The van der Waals surface area contributed by atoms with Crippen molar-refractivity contribution < 1.29 is 15.0 Å². The Morgan fingerprint density at radius 2 is 1.43 bits per heavy atom. The van der Waals surface area contributed by atoms with Crippen LogP contribution in [0.5, 0.6) is 0 Å². The van der Waals surface area contributed by atoms with Gasteiger partial charge in [-0.05, 0) is 74.5 Å². The van der Waals surface area contributed by atoms with Gasteiger partial charge in [-0.3, -0.25) is 0 Å². The molecule has 0 aliphatic heterocycles. The van der Waals surface area contributed by atoms with Crippen LogP contribution in [0.15, 0.2) is 0 Å². The third-order valence-corrected chi connectivity index (χ3v) is 8.10. The van der Waals surface area contributed by atoms with Gasteiger partial charge >= 0.3 is 5.97 Å². The smallest absolute Gasteiger partial charge is 0.336 e. The standard InChI is InChI=1S/C20H32O3/c21-19(22)20(23,15-6-2-1-3-7-15)17-12-11-14-10-9-13-5-4-8-16(17)18(13)14/h13-18,23H,1-12H2,(H,21,22)/t13-,14+,16-,17+,18+,20-/m1/s1. The average Bonchev–Trinajstić information content (AvgIpc) is 3.00. The van der Waals surface area contributed by atoms with Crippen LogP contribution in [0, 0.1) is 35.5 Å². The largest absolute Gasteiger partial charge is 0.479 e. The maximum atomic E-state index is 12.2. The number of carboxylic acids is 1. The highest BCUT2D eigenvalue weighted by molar-refractivity contribution is 5.78. The number of hydrogen-bond donors (Lipinski definition) is 2. The molecule has 0 heterocycles. The van der Waals surface area contributed by atoms with Gasteiger partial charge in [0.15, 0.2) is 5.60 Å². The highest BCUT2D eigenvalue weighted by Gasteiger charge is 2.58. The Morgan fingerprint density at radius 3 is 2.13 bits per heavy atom. The van der Waals surface area contributed by atoms with E-state index in [2.05, 4.69) is 0 Å². The molecule has 4 fully saturated rings. The van der Waals surface area contributed by atoms with E-state index in [0.717, 1.165) is 62.7 Å². The van der Waals surface area contributed by atoms with E-state index in [1.807, 2.05) is 0 Å². The first kappa shape index (κ1) is 15.9. The van der Waals surface area contributed by atoms with Crippen LogP contribution in [0.4, 0.5) is 0 Å². The number of hydrogen-bond acceptors (Lipinski definition) is 2. The first-order chi connectivity index (χ1) is 11.1. The summed E-state index contributed by atoms with van der Waals surface area (Å²) < 4.78 is 0. The van der Waals surface area contributed by atoms with E-state index in [1.165, 1.54) is 32.1 Å². The summed E-state index contributed by atoms with van der Waals surface area (Å²) in [7, 11) is 0. The molecule has 0 saturated heterocycles. The van der Waals surface area contributed by atoms with Crippen LogP contribution in [0.25, 0.3) is 0 Å². The monoisotopic (exact) mass is 320 g/mol. The number of rotatable bonds is 3. The molecule has 6 atom stereocenters. The van der Waals surface area contributed by atoms with Gasteiger partial charge in [-0.15, -0.1) is 0 Å². The molecule has 3 nitrogen and oxygen atoms in total. The maximum absolute atomic E-state index is 12.2. The number of carbonyl (C=O) groups is 1. The van der Waals surface area contributed by atoms with Crippen LogP contribution < -0.4 is 0 Å². The molecule has 4 aliphatic carbocycles. The SMILES string of the molecule is O=C(O)[C@@](O)(C1CCCCC1)[C@H]1CC[C@@H]2CC[C@H]3CCC[C@H]1[C@@H]32. The van der Waals surface area contributed by atoms with Crippen molar-refractivity contribution in [1.82, 2.24) is 0 Å². The molecule has 2 N–H and O–H groups in total. The Labute approximate surface area is 139 Å². The van der Waals surface area contributed by atoms with Gasteiger partial charge in [-0.25, -0.2) is 4.79 Å². The third-order valence-electron chi connectivity index (χ3n) is 8.10. The first-order valence-corrected chi connectivity index (χ1v) is 10.1. The summed E-state index contributed by atoms with van der Waals surface area (Å²) in [4.78, 5) is 12.2. The molecule has 0 radical (unpaired) electrons. The van der Waals surface area contributed by atoms with Crippen molar-refractivity contribution in [3.63, 3.8) is 0 Å². The molecule has 0 aromatic carbocycles. The van der Waals surface area contributed by atoms with Crippen molar-refractivity contribution in [2.45, 2.75) is 82.7 Å². The molecule has 4 aliphatic rings. The van der Waals surface area contributed by atoms with E-state index < -0.39 is 11.6 Å². The van der Waals surface area contributed by atoms with Gasteiger partial charge in [0.25, 0.3) is 0 Å². The minimum absolute atomic E-state index is 0.00486. The summed E-state index contributed by atoms with van der Waals surface area (Å²) in [6, 6.07) is 0. The van der Waals surface area contributed by atoms with Crippen LogP contribution in [0.3, 0.4) is 0 Å². The lowest BCUT2D eigenvalue weighted by Crippen LogP contribution is -2.58. The predicted molar refractivity (Wildman–Crippen MR) is 88.9 cm³/mol. The Morgan fingerprint density at radius 1 is 0.783 bits per heavy atom. The fourth-order valence-electron chi connectivity index (χ4n) is 7.18. The molecule has 0 aromatic heterocycles. The lowest BCUT2D eigenvalue weighted by Gasteiger charge is -2.52. The van der Waals surface area contributed by atoms with E-state index in [9.17, 15) is 15.0 Å². The molecule has 3 heteroatoms. The minimum Gasteiger partial charge on any atom is -0.479 e. The predicted octanol–water partition coefficient (Wildman–Crippen LogP) is 4.23. The third kappa shape index (κ3) is 2.45. The van der Waals surface area contributed by atoms with Crippen molar-refractivity contribution in [2.75, 3.05) is 0 Å². The molecule has 4 saturated carbocycles. The minimum atomic E-state index is -1.46. The van der Waals surface area contributed by atoms with Crippen molar-refractivity contribution in [1.29, 1.82) is 0 Å². The Kier molecular flexibility index (Phi) is 4.19. The molecule has 0 aromatic rings. The second-order valence-corrected chi connectivity index (χ2v) is 8.92. The summed E-state index contributed by atoms with van der Waals surface area (Å²) >= 11 is 0. The second kappa shape index (κ2) is 6.06. The van der Waals surface area contributed by atoms with E-state index in [4.69, 9.17) is 0 Å². The lowest BCUT2D eigenvalue weighted by molar-refractivity contribution is -0.188. The molecular formula is C20H32O3. The van der Waals surface area contributed by atoms with E-state index in [1.54, 1.807) is 0 Å². The summed E-state index contributed by atoms with van der Waals surface area (Å²) in [5, 5.41) is 21.5. The normalized spacial score (nSPS) is 43.6. The van der Waals surface area contributed by atoms with Crippen molar-refractivity contribution in [3.8, 4) is 0 Å². The number of aliphatic hydroxyl groups is 1. The molecule has 0 unspecified atom stereocenters. The Hall–Kier alpha value is -0.570. The van der Waals surface area contributed by atoms with Crippen LogP contribution >= 0.6 is 0 Å². The van der Waals surface area contributed by atoms with Gasteiger partial charge in [0.2, 0.25) is 0 Å². The van der Waals surface area contributed by atoms with Crippen LogP contribution in [0.2, 0.25) is 0 Å². The fraction of sp³-hybridized carbons (Fsp3) is 0.950. The van der Waals surface area contributed by atoms with Gasteiger partial charge in [-0.2, -0.15) is 0 Å². The van der Waals surface area contributed by atoms with Crippen LogP contribution in [0.1, 0.15) is 77.0 Å². The Balaban J connectivity index is 1.64. The maximum Gasteiger partial charge on any atom is 0.336 e. The first-order valence-electron chi connectivity index (χ1n) is 10.1. The van der Waals surface area contributed by atoms with Crippen LogP contribution in [-0.2, 0) is 4.79 Å². The van der Waals surface area contributed by atoms with Crippen molar-refractivity contribution in [2.24, 2.45) is 35.5 Å². The zero-order chi connectivity index (χ0) is 16.0. The summed E-state index contributed by atoms with van der Waals surface area (Å²) in [5.41, 5.74) is -1.46. The topological polar surface area (TPSA) is 57.5 Å². The molecule has 0 amide bonds. The highest BCUT2D eigenvalue weighted by atomic mass is 16.4. The molecule has 0 bridgehead atoms. The van der Waals surface area contributed by atoms with E-state index in [-0.39, 0.29) is 11.8 Å². The lowest BCUT2D eigenvalue weighted by atomic mass is 9.54. The number of aliphatic carboxylic acids is 1. The van der Waals surface area contributed by atoms with Gasteiger partial charge in [0.05, 0.1) is 0 Å². The second-order valence-electron chi connectivity index (χ2n) is 8.92. The van der Waals surface area contributed by atoms with E-state index in [0.29, 0.717) is 5.92 Å². The molecule has 4 rings (SSSR count). The number of carboxylic acid groups (broad SMARTS) is 1. The zero-order valence-corrected chi connectivity index (χ0v) is 14.3. The van der Waals surface area contributed by atoms with Crippen molar-refractivity contribution >= 4 is 5.97 Å². The zero-order valence-electron chi connectivity index (χ0n) is 14.3. The van der Waals surface area contributed by atoms with Crippen molar-refractivity contribution in [3.05, 3.63) is 0 Å². The van der Waals surface area contributed by atoms with Crippen LogP contribution in [-0.4, -0.2) is 21.8 Å². The van der Waals surface area contributed by atoms with Gasteiger partial charge < -0.3 is 10.2 Å². The van der Waals surface area contributed by atoms with Gasteiger partial charge in [-0.1, -0.05) is 32.1 Å².